The van der Waals surface area contributed by atoms with Crippen molar-refractivity contribution in [3.63, 3.8) is 0 Å². The van der Waals surface area contributed by atoms with E-state index in [0.29, 0.717) is 12.4 Å². The Kier molecular flexibility index (Phi) is 5.31. The van der Waals surface area contributed by atoms with Crippen LogP contribution in [0.3, 0.4) is 0 Å². The lowest BCUT2D eigenvalue weighted by molar-refractivity contribution is -0.121. The molecule has 1 atom stereocenters. The number of hydrogen-bond donors (Lipinski definition) is 2. The van der Waals surface area contributed by atoms with Crippen LogP contribution in [0, 0.1) is 0 Å². The van der Waals surface area contributed by atoms with Crippen molar-refractivity contribution >= 4 is 15.9 Å². The number of amides is 1. The second-order valence-corrected chi connectivity index (χ2v) is 5.58. The highest BCUT2D eigenvalue weighted by Gasteiger charge is 2.21. The highest BCUT2D eigenvalue weighted by Crippen LogP contribution is 2.16. The summed E-state index contributed by atoms with van der Waals surface area (Å²) in [4.78, 5) is 11.4. The van der Waals surface area contributed by atoms with Gasteiger partial charge in [0.25, 0.3) is 0 Å². The maximum Gasteiger partial charge on any atom is 0.241 e. The minimum Gasteiger partial charge on any atom is -0.494 e. The standard InChI is InChI=1S/C12H18N2O4S/c1-4-18-10-5-7-11(8-6-10)19(16,17)14-9(2)12(15)13-3/h5-9,14H,4H2,1-3H3,(H,13,15). The summed E-state index contributed by atoms with van der Waals surface area (Å²) >= 11 is 0. The van der Waals surface area contributed by atoms with Crippen LogP contribution < -0.4 is 14.8 Å². The van der Waals surface area contributed by atoms with E-state index in [1.165, 1.54) is 26.1 Å². The van der Waals surface area contributed by atoms with Crippen molar-refractivity contribution < 1.29 is 17.9 Å². The topological polar surface area (TPSA) is 84.5 Å². The maximum atomic E-state index is 12.0. The second kappa shape index (κ2) is 6.53. The molecule has 1 aromatic carbocycles. The van der Waals surface area contributed by atoms with Gasteiger partial charge < -0.3 is 10.1 Å². The molecule has 0 spiro atoms. The Labute approximate surface area is 113 Å². The molecule has 19 heavy (non-hydrogen) atoms. The molecule has 7 heteroatoms. The van der Waals surface area contributed by atoms with E-state index in [2.05, 4.69) is 10.0 Å². The number of carbonyl (C=O) groups is 1. The molecule has 1 unspecified atom stereocenters. The van der Waals surface area contributed by atoms with Crippen LogP contribution in [0.4, 0.5) is 0 Å². The third-order valence-electron chi connectivity index (χ3n) is 2.42. The fourth-order valence-corrected chi connectivity index (χ4v) is 2.66. The predicted octanol–water partition coefficient (Wildman–Crippen LogP) is 0.498. The number of rotatable bonds is 6. The van der Waals surface area contributed by atoms with E-state index in [1.807, 2.05) is 6.92 Å². The van der Waals surface area contributed by atoms with E-state index in [1.54, 1.807) is 12.1 Å². The number of nitrogens with one attached hydrogen (secondary N) is 2. The predicted molar refractivity (Wildman–Crippen MR) is 71.5 cm³/mol. The number of ether oxygens (including phenoxy) is 1. The summed E-state index contributed by atoms with van der Waals surface area (Å²) in [5.74, 6) is 0.204. The van der Waals surface area contributed by atoms with Crippen LogP contribution in [0.1, 0.15) is 13.8 Å². The van der Waals surface area contributed by atoms with Crippen molar-refractivity contribution in [3.8, 4) is 5.75 Å². The first-order valence-electron chi connectivity index (χ1n) is 5.87. The van der Waals surface area contributed by atoms with Gasteiger partial charge in [0.2, 0.25) is 15.9 Å². The Hall–Kier alpha value is -1.60. The number of carbonyl (C=O) groups excluding carboxylic acids is 1. The molecule has 6 nitrogen and oxygen atoms in total. The fourth-order valence-electron chi connectivity index (χ4n) is 1.45. The Morgan fingerprint density at radius 2 is 1.89 bits per heavy atom. The molecule has 106 valence electrons. The molecule has 0 bridgehead atoms. The van der Waals surface area contributed by atoms with E-state index in [-0.39, 0.29) is 4.90 Å². The monoisotopic (exact) mass is 286 g/mol. The van der Waals surface area contributed by atoms with Crippen LogP contribution in [0.5, 0.6) is 5.75 Å². The highest BCUT2D eigenvalue weighted by molar-refractivity contribution is 7.89. The molecule has 2 N–H and O–H groups in total. The van der Waals surface area contributed by atoms with Gasteiger partial charge in [0.1, 0.15) is 5.75 Å². The van der Waals surface area contributed by atoms with Gasteiger partial charge in [-0.05, 0) is 38.1 Å². The maximum absolute atomic E-state index is 12.0. The normalized spacial score (nSPS) is 12.8. The van der Waals surface area contributed by atoms with Gasteiger partial charge in [-0.15, -0.1) is 0 Å². The van der Waals surface area contributed by atoms with E-state index < -0.39 is 22.0 Å². The minimum atomic E-state index is -3.71. The molecular formula is C12H18N2O4S. The van der Waals surface area contributed by atoms with E-state index in [9.17, 15) is 13.2 Å². The van der Waals surface area contributed by atoms with Crippen LogP contribution in [-0.4, -0.2) is 34.0 Å². The second-order valence-electron chi connectivity index (χ2n) is 3.86. The first-order chi connectivity index (χ1) is 8.90. The lowest BCUT2D eigenvalue weighted by Crippen LogP contribution is -2.43. The van der Waals surface area contributed by atoms with Gasteiger partial charge >= 0.3 is 0 Å². The van der Waals surface area contributed by atoms with Gasteiger partial charge in [-0.25, -0.2) is 8.42 Å². The van der Waals surface area contributed by atoms with Gasteiger partial charge in [0, 0.05) is 7.05 Å². The van der Waals surface area contributed by atoms with E-state index >= 15 is 0 Å². The number of sulfonamides is 1. The third kappa shape index (κ3) is 4.22. The zero-order valence-corrected chi connectivity index (χ0v) is 12.0. The molecule has 1 aromatic rings. The number of benzene rings is 1. The summed E-state index contributed by atoms with van der Waals surface area (Å²) in [5.41, 5.74) is 0. The van der Waals surface area contributed by atoms with Crippen molar-refractivity contribution in [2.45, 2.75) is 24.8 Å². The molecule has 1 rings (SSSR count). The van der Waals surface area contributed by atoms with Crippen LogP contribution >= 0.6 is 0 Å². The minimum absolute atomic E-state index is 0.0895. The quantitative estimate of drug-likeness (QED) is 0.797. The summed E-state index contributed by atoms with van der Waals surface area (Å²) in [7, 11) is -2.26. The molecule has 0 saturated carbocycles. The third-order valence-corrected chi connectivity index (χ3v) is 3.97. The van der Waals surface area contributed by atoms with Crippen molar-refractivity contribution in [2.75, 3.05) is 13.7 Å². The van der Waals surface area contributed by atoms with Crippen molar-refractivity contribution in [1.82, 2.24) is 10.0 Å². The first kappa shape index (κ1) is 15.5. The van der Waals surface area contributed by atoms with Gasteiger partial charge in [0.05, 0.1) is 17.5 Å². The fraction of sp³-hybridized carbons (Fsp3) is 0.417. The summed E-state index contributed by atoms with van der Waals surface area (Å²) in [6, 6.07) is 5.18. The molecule has 0 heterocycles. The Balaban J connectivity index is 2.85. The Bertz CT molecular complexity index is 525. The summed E-state index contributed by atoms with van der Waals surface area (Å²) in [6.07, 6.45) is 0. The average molecular weight is 286 g/mol. The van der Waals surface area contributed by atoms with Crippen molar-refractivity contribution in [2.24, 2.45) is 0 Å². The lowest BCUT2D eigenvalue weighted by atomic mass is 10.3. The van der Waals surface area contributed by atoms with E-state index in [4.69, 9.17) is 4.74 Å². The van der Waals surface area contributed by atoms with Crippen LogP contribution in [0.25, 0.3) is 0 Å². The smallest absolute Gasteiger partial charge is 0.241 e. The largest absolute Gasteiger partial charge is 0.494 e. The van der Waals surface area contributed by atoms with Gasteiger partial charge in [0.15, 0.2) is 0 Å². The summed E-state index contributed by atoms with van der Waals surface area (Å²) in [6.45, 7) is 3.83. The van der Waals surface area contributed by atoms with Crippen molar-refractivity contribution in [3.05, 3.63) is 24.3 Å². The summed E-state index contributed by atoms with van der Waals surface area (Å²) < 4.78 is 31.5. The summed E-state index contributed by atoms with van der Waals surface area (Å²) in [5, 5.41) is 2.38. The zero-order chi connectivity index (χ0) is 14.5. The lowest BCUT2D eigenvalue weighted by Gasteiger charge is -2.13. The Morgan fingerprint density at radius 3 is 2.37 bits per heavy atom. The molecule has 0 fully saturated rings. The molecule has 0 aromatic heterocycles. The number of hydrogen-bond acceptors (Lipinski definition) is 4. The van der Waals surface area contributed by atoms with Gasteiger partial charge in [-0.3, -0.25) is 4.79 Å². The first-order valence-corrected chi connectivity index (χ1v) is 7.35. The SMILES string of the molecule is CCOc1ccc(S(=O)(=O)NC(C)C(=O)NC)cc1. The van der Waals surface area contributed by atoms with Crippen LogP contribution in [0.15, 0.2) is 29.2 Å². The van der Waals surface area contributed by atoms with Crippen molar-refractivity contribution in [1.29, 1.82) is 0 Å². The number of likely N-dealkylation sites (N-methyl/N-ethyl adjacent to an activating group) is 1. The van der Waals surface area contributed by atoms with Gasteiger partial charge in [-0.2, -0.15) is 4.72 Å². The van der Waals surface area contributed by atoms with Gasteiger partial charge in [-0.1, -0.05) is 0 Å². The van der Waals surface area contributed by atoms with E-state index in [0.717, 1.165) is 0 Å². The molecule has 0 aliphatic carbocycles. The molecule has 1 amide bonds. The molecule has 0 aliphatic rings. The molecule has 0 aliphatic heterocycles. The molecule has 0 saturated heterocycles. The Morgan fingerprint density at radius 1 is 1.32 bits per heavy atom. The van der Waals surface area contributed by atoms with Crippen LogP contribution in [-0.2, 0) is 14.8 Å². The highest BCUT2D eigenvalue weighted by atomic mass is 32.2. The zero-order valence-electron chi connectivity index (χ0n) is 11.1. The van der Waals surface area contributed by atoms with Crippen LogP contribution in [0.2, 0.25) is 0 Å². The molecular weight excluding hydrogens is 268 g/mol. The average Bonchev–Trinajstić information content (AvgIpc) is 2.38. The molecule has 0 radical (unpaired) electrons.